The maximum Gasteiger partial charge on any atom is 0.260 e. The first-order valence-electron chi connectivity index (χ1n) is 6.56. The number of fused-ring (bicyclic) bond motifs is 1. The van der Waals surface area contributed by atoms with Crippen LogP contribution in [0.3, 0.4) is 0 Å². The summed E-state index contributed by atoms with van der Waals surface area (Å²) in [6.45, 7) is 5.65. The molecule has 4 nitrogen and oxygen atoms in total. The normalized spacial score (nSPS) is 12.6. The van der Waals surface area contributed by atoms with Crippen molar-refractivity contribution in [1.29, 1.82) is 0 Å². The standard InChI is InChI=1S/C15H13ClN2O2S2/c1-8(16)6-21-9(2)13-17-14(19)12-10(7-22-15(12)18-13)11-4-3-5-20-11/h3-5,7,9H,1,6H2,2H3,(H,17,18,19)/t9-/m0/s1. The Balaban J connectivity index is 2.00. The molecule has 22 heavy (non-hydrogen) atoms. The third-order valence-corrected chi connectivity index (χ3v) is 5.53. The molecule has 0 aliphatic heterocycles. The number of thioether (sulfide) groups is 1. The molecule has 1 atom stereocenters. The van der Waals surface area contributed by atoms with Crippen LogP contribution in [0, 0.1) is 0 Å². The fourth-order valence-corrected chi connectivity index (χ4v) is 3.89. The van der Waals surface area contributed by atoms with Crippen molar-refractivity contribution in [2.24, 2.45) is 0 Å². The molecule has 0 aliphatic carbocycles. The Labute approximate surface area is 140 Å². The number of nitrogens with one attached hydrogen (secondary N) is 1. The van der Waals surface area contributed by atoms with Crippen molar-refractivity contribution < 1.29 is 4.42 Å². The monoisotopic (exact) mass is 352 g/mol. The van der Waals surface area contributed by atoms with E-state index in [0.717, 1.165) is 5.56 Å². The van der Waals surface area contributed by atoms with Gasteiger partial charge in [0.05, 0.1) is 16.9 Å². The number of hydrogen-bond donors (Lipinski definition) is 1. The summed E-state index contributed by atoms with van der Waals surface area (Å²) >= 11 is 8.80. The van der Waals surface area contributed by atoms with Gasteiger partial charge >= 0.3 is 0 Å². The Morgan fingerprint density at radius 1 is 1.64 bits per heavy atom. The Morgan fingerprint density at radius 2 is 2.45 bits per heavy atom. The molecule has 114 valence electrons. The van der Waals surface area contributed by atoms with E-state index in [1.165, 1.54) is 11.3 Å². The number of rotatable bonds is 5. The minimum atomic E-state index is -0.148. The van der Waals surface area contributed by atoms with Crippen molar-refractivity contribution in [2.75, 3.05) is 5.75 Å². The van der Waals surface area contributed by atoms with Crippen molar-refractivity contribution >= 4 is 44.9 Å². The predicted octanol–water partition coefficient (Wildman–Crippen LogP) is 4.79. The van der Waals surface area contributed by atoms with Crippen LogP contribution in [0.1, 0.15) is 18.0 Å². The number of furan rings is 1. The molecule has 1 N–H and O–H groups in total. The summed E-state index contributed by atoms with van der Waals surface area (Å²) in [4.78, 5) is 20.6. The molecule has 0 saturated carbocycles. The molecule has 0 aliphatic rings. The lowest BCUT2D eigenvalue weighted by molar-refractivity contribution is 0.583. The van der Waals surface area contributed by atoms with Gasteiger partial charge in [0.25, 0.3) is 5.56 Å². The SMILES string of the molecule is C=C(Cl)CS[C@@H](C)c1nc2scc(-c3ccco3)c2c(=O)[nH]1. The quantitative estimate of drug-likeness (QED) is 0.717. The topological polar surface area (TPSA) is 58.9 Å². The lowest BCUT2D eigenvalue weighted by atomic mass is 10.2. The highest BCUT2D eigenvalue weighted by Crippen LogP contribution is 2.33. The predicted molar refractivity (Wildman–Crippen MR) is 93.8 cm³/mol. The van der Waals surface area contributed by atoms with E-state index < -0.39 is 0 Å². The molecule has 0 bridgehead atoms. The molecule has 3 rings (SSSR count). The summed E-state index contributed by atoms with van der Waals surface area (Å²) in [5.74, 6) is 1.94. The molecule has 0 saturated heterocycles. The van der Waals surface area contributed by atoms with Gasteiger partial charge in [-0.1, -0.05) is 18.2 Å². The molecular formula is C15H13ClN2O2S2. The first-order chi connectivity index (χ1) is 10.6. The van der Waals surface area contributed by atoms with Gasteiger partial charge < -0.3 is 9.40 Å². The third kappa shape index (κ3) is 2.99. The van der Waals surface area contributed by atoms with E-state index in [0.29, 0.717) is 32.6 Å². The van der Waals surface area contributed by atoms with E-state index in [4.69, 9.17) is 16.0 Å². The van der Waals surface area contributed by atoms with Crippen LogP contribution in [0.4, 0.5) is 0 Å². The van der Waals surface area contributed by atoms with Crippen LogP contribution in [0.5, 0.6) is 0 Å². The lowest BCUT2D eigenvalue weighted by Crippen LogP contribution is -2.12. The van der Waals surface area contributed by atoms with Gasteiger partial charge in [-0.25, -0.2) is 4.98 Å². The number of aromatic amines is 1. The molecule has 3 heterocycles. The zero-order chi connectivity index (χ0) is 15.7. The zero-order valence-electron chi connectivity index (χ0n) is 11.8. The second kappa shape index (κ2) is 6.32. The van der Waals surface area contributed by atoms with Gasteiger partial charge in [0.1, 0.15) is 16.4 Å². The lowest BCUT2D eigenvalue weighted by Gasteiger charge is -2.09. The Kier molecular flexibility index (Phi) is 4.42. The van der Waals surface area contributed by atoms with Gasteiger partial charge in [-0.3, -0.25) is 4.79 Å². The molecule has 3 aromatic heterocycles. The number of thiophene rings is 1. The van der Waals surface area contributed by atoms with Gasteiger partial charge in [0, 0.05) is 21.7 Å². The van der Waals surface area contributed by atoms with Crippen LogP contribution in [-0.4, -0.2) is 15.7 Å². The van der Waals surface area contributed by atoms with Crippen LogP contribution in [0.25, 0.3) is 21.5 Å². The zero-order valence-corrected chi connectivity index (χ0v) is 14.1. The highest BCUT2D eigenvalue weighted by atomic mass is 35.5. The first-order valence-corrected chi connectivity index (χ1v) is 8.87. The van der Waals surface area contributed by atoms with Gasteiger partial charge in [0.2, 0.25) is 0 Å². The summed E-state index contributed by atoms with van der Waals surface area (Å²) in [7, 11) is 0. The second-order valence-corrected chi connectivity index (χ2v) is 7.45. The Hall–Kier alpha value is -1.50. The van der Waals surface area contributed by atoms with Crippen molar-refractivity contribution in [3.05, 3.63) is 51.6 Å². The second-order valence-electron chi connectivity index (χ2n) is 4.73. The van der Waals surface area contributed by atoms with Gasteiger partial charge in [-0.2, -0.15) is 0 Å². The van der Waals surface area contributed by atoms with E-state index >= 15 is 0 Å². The molecular weight excluding hydrogens is 340 g/mol. The highest BCUT2D eigenvalue weighted by molar-refractivity contribution is 7.99. The molecule has 0 radical (unpaired) electrons. The van der Waals surface area contributed by atoms with E-state index in [-0.39, 0.29) is 10.8 Å². The van der Waals surface area contributed by atoms with Gasteiger partial charge in [-0.15, -0.1) is 23.1 Å². The Bertz CT molecular complexity index is 867. The van der Waals surface area contributed by atoms with Crippen LogP contribution < -0.4 is 5.56 Å². The van der Waals surface area contributed by atoms with Crippen LogP contribution in [0.15, 0.2) is 44.6 Å². The first kappa shape index (κ1) is 15.4. The Morgan fingerprint density at radius 3 is 3.14 bits per heavy atom. The highest BCUT2D eigenvalue weighted by Gasteiger charge is 2.17. The third-order valence-electron chi connectivity index (χ3n) is 3.12. The smallest absolute Gasteiger partial charge is 0.260 e. The summed E-state index contributed by atoms with van der Waals surface area (Å²) in [5, 5.41) is 3.08. The van der Waals surface area contributed by atoms with Crippen molar-refractivity contribution in [3.8, 4) is 11.3 Å². The average Bonchev–Trinajstić information content (AvgIpc) is 3.12. The van der Waals surface area contributed by atoms with E-state index in [2.05, 4.69) is 16.5 Å². The minimum absolute atomic E-state index is 0.0294. The number of halogens is 1. The number of H-pyrrole nitrogens is 1. The number of nitrogens with zero attached hydrogens (tertiary/aromatic N) is 1. The molecule has 0 fully saturated rings. The average molecular weight is 353 g/mol. The van der Waals surface area contributed by atoms with Crippen molar-refractivity contribution in [1.82, 2.24) is 9.97 Å². The summed E-state index contributed by atoms with van der Waals surface area (Å²) < 4.78 is 5.38. The molecule has 7 heteroatoms. The maximum absolute atomic E-state index is 12.4. The molecule has 0 spiro atoms. The van der Waals surface area contributed by atoms with Crippen LogP contribution in [0.2, 0.25) is 0 Å². The summed E-state index contributed by atoms with van der Waals surface area (Å²) in [5.41, 5.74) is 0.629. The van der Waals surface area contributed by atoms with E-state index in [1.54, 1.807) is 24.1 Å². The van der Waals surface area contributed by atoms with Crippen molar-refractivity contribution in [2.45, 2.75) is 12.2 Å². The molecule has 0 amide bonds. The fourth-order valence-electron chi connectivity index (χ4n) is 2.07. The van der Waals surface area contributed by atoms with E-state index in [1.807, 2.05) is 18.4 Å². The maximum atomic E-state index is 12.4. The largest absolute Gasteiger partial charge is 0.464 e. The van der Waals surface area contributed by atoms with Gasteiger partial charge in [0.15, 0.2) is 0 Å². The summed E-state index contributed by atoms with van der Waals surface area (Å²) in [6, 6.07) is 3.63. The van der Waals surface area contributed by atoms with E-state index in [9.17, 15) is 4.79 Å². The number of hydrogen-bond acceptors (Lipinski definition) is 5. The molecule has 3 aromatic rings. The molecule has 0 unspecified atom stereocenters. The van der Waals surface area contributed by atoms with Gasteiger partial charge in [-0.05, 0) is 19.1 Å². The minimum Gasteiger partial charge on any atom is -0.464 e. The fraction of sp³-hybridized carbons (Fsp3) is 0.200. The van der Waals surface area contributed by atoms with Crippen molar-refractivity contribution in [3.63, 3.8) is 0 Å². The van der Waals surface area contributed by atoms with Crippen LogP contribution >= 0.6 is 34.7 Å². The summed E-state index contributed by atoms with van der Waals surface area (Å²) in [6.07, 6.45) is 1.59. The van der Waals surface area contributed by atoms with Crippen LogP contribution in [-0.2, 0) is 0 Å². The number of aromatic nitrogens is 2. The molecule has 0 aromatic carbocycles.